The van der Waals surface area contributed by atoms with Gasteiger partial charge in [0.25, 0.3) is 0 Å². The zero-order valence-corrected chi connectivity index (χ0v) is 40.2. The summed E-state index contributed by atoms with van der Waals surface area (Å²) in [4.78, 5) is 57.2. The van der Waals surface area contributed by atoms with Gasteiger partial charge in [-0.25, -0.2) is 9.97 Å². The zero-order chi connectivity index (χ0) is 48.4. The molecule has 0 bridgehead atoms. The topological polar surface area (TPSA) is 231 Å². The van der Waals surface area contributed by atoms with Gasteiger partial charge < -0.3 is 55.1 Å². The first-order valence-corrected chi connectivity index (χ1v) is 23.1. The first-order chi connectivity index (χ1) is 31.7. The van der Waals surface area contributed by atoms with Crippen molar-refractivity contribution in [3.05, 3.63) is 46.8 Å². The molecule has 2 saturated heterocycles. The number of rotatable bonds is 18. The van der Waals surface area contributed by atoms with Gasteiger partial charge in [0.05, 0.1) is 40.7 Å². The maximum Gasteiger partial charge on any atom is 0.308 e. The molecule has 0 radical (unpaired) electrons. The van der Waals surface area contributed by atoms with Crippen LogP contribution in [-0.4, -0.2) is 151 Å². The second-order valence-electron chi connectivity index (χ2n) is 16.7. The summed E-state index contributed by atoms with van der Waals surface area (Å²) in [6.45, 7) is 8.01. The highest BCUT2D eigenvalue weighted by Crippen LogP contribution is 2.30. The average Bonchev–Trinajstić information content (AvgIpc) is 3.30. The molecular formula is C47H76ClFN6O11. The second-order valence-corrected chi connectivity index (χ2v) is 16.7. The summed E-state index contributed by atoms with van der Waals surface area (Å²) in [7, 11) is 2.03. The lowest BCUT2D eigenvalue weighted by Gasteiger charge is -2.43. The van der Waals surface area contributed by atoms with E-state index in [0.717, 1.165) is 93.9 Å². The molecule has 17 nitrogen and oxygen atoms in total. The standard InChI is InChI=1S/C23H35N3O5.C13H18N2O2.C10H19NO4.CH3F.ClH/c1-3-31-21(28)15-23(29)12-14-26(16-19(23)30-2)20(27)9-5-4-8-18-11-10-17-7-6-13-24-22(17)25-18;16-12(17)6-2-1-5-11-8-7-10-4-3-9-14-13(10)15-11;1-3-15-9(12)6-10(13)4-5-11-7-8(10)14-2;1-2;/h10-11,19,29H,3-9,12-16H2,1-2H3,(H,24,25);7-8H,1-6,9H2,(H,14,15)(H,16,17);8,11,13H,3-7H2,1-2H3;1H3;1H/i;;;1D;. The number of halogens is 2. The number of carboxylic acid groups (broad SMARTS) is 1. The first-order valence-electron chi connectivity index (χ1n) is 23.8. The van der Waals surface area contributed by atoms with Crippen molar-refractivity contribution in [3.63, 3.8) is 0 Å². The fraction of sp³-hybridized carbons (Fsp3) is 0.702. The maximum absolute atomic E-state index is 12.7. The van der Waals surface area contributed by atoms with E-state index in [-0.39, 0.29) is 62.8 Å². The van der Waals surface area contributed by atoms with Crippen LogP contribution in [0.25, 0.3) is 0 Å². The number of aryl methyl sites for hydroxylation is 4. The second kappa shape index (κ2) is 31.0. The Balaban J connectivity index is 0.000000362. The van der Waals surface area contributed by atoms with E-state index in [1.807, 2.05) is 0 Å². The smallest absolute Gasteiger partial charge is 0.308 e. The molecular weight excluding hydrogens is 879 g/mol. The molecule has 374 valence electrons. The average molecular weight is 957 g/mol. The van der Waals surface area contributed by atoms with E-state index in [1.54, 1.807) is 18.7 Å². The molecule has 19 heteroatoms. The van der Waals surface area contributed by atoms with Crippen LogP contribution in [0.5, 0.6) is 0 Å². The number of nitrogens with zero attached hydrogens (tertiary/aromatic N) is 3. The number of methoxy groups -OCH3 is 2. The van der Waals surface area contributed by atoms with Crippen molar-refractivity contribution in [2.45, 2.75) is 140 Å². The van der Waals surface area contributed by atoms with Crippen molar-refractivity contribution < 1.29 is 59.2 Å². The third-order valence-corrected chi connectivity index (χ3v) is 11.9. The molecule has 4 unspecified atom stereocenters. The number of carbonyl (C=O) groups excluding carboxylic acids is 3. The Morgan fingerprint density at radius 1 is 0.788 bits per heavy atom. The van der Waals surface area contributed by atoms with Gasteiger partial charge in [0.2, 0.25) is 5.91 Å². The number of carbonyl (C=O) groups is 4. The highest BCUT2D eigenvalue weighted by atomic mass is 35.5. The SMILES string of the molecule is CCOC(=O)CC1(O)CCN(C(=O)CCCCc2ccc3c(n2)NCCC3)CC1OC.CCOC(=O)CC1(O)CCNCC1OC.Cl.O=C(O)CCCCc1ccc2c(n1)NCCC2.[2H]CF. The highest BCUT2D eigenvalue weighted by molar-refractivity contribution is 5.85. The van der Waals surface area contributed by atoms with E-state index in [4.69, 9.17) is 30.4 Å². The van der Waals surface area contributed by atoms with Crippen LogP contribution >= 0.6 is 12.4 Å². The minimum atomic E-state index is -1.30. The van der Waals surface area contributed by atoms with Gasteiger partial charge in [-0.2, -0.15) is 0 Å². The number of fused-ring (bicyclic) bond motifs is 2. The molecule has 4 aliphatic rings. The number of likely N-dealkylation sites (tertiary alicyclic amines) is 1. The molecule has 6 rings (SSSR count). The Kier molecular flexibility index (Phi) is 26.3. The van der Waals surface area contributed by atoms with Crippen LogP contribution in [0.4, 0.5) is 16.0 Å². The molecule has 0 aromatic carbocycles. The molecule has 2 aromatic heterocycles. The summed E-state index contributed by atoms with van der Waals surface area (Å²) in [5, 5.41) is 39.5. The summed E-state index contributed by atoms with van der Waals surface area (Å²) in [6.07, 6.45) is 9.94. The lowest BCUT2D eigenvalue weighted by molar-refractivity contribution is -0.170. The molecule has 6 N–H and O–H groups in total. The number of unbranched alkanes of at least 4 members (excludes halogenated alkanes) is 2. The van der Waals surface area contributed by atoms with Crippen molar-refractivity contribution >= 4 is 47.9 Å². The third kappa shape index (κ3) is 19.2. The van der Waals surface area contributed by atoms with Crippen molar-refractivity contribution in [1.82, 2.24) is 20.2 Å². The van der Waals surface area contributed by atoms with Crippen molar-refractivity contribution in [1.29, 1.82) is 0 Å². The number of carboxylic acids is 1. The van der Waals surface area contributed by atoms with Gasteiger partial charge in [-0.3, -0.25) is 23.6 Å². The fourth-order valence-electron chi connectivity index (χ4n) is 8.33. The monoisotopic (exact) mass is 956 g/mol. The molecule has 0 spiro atoms. The predicted molar refractivity (Wildman–Crippen MR) is 252 cm³/mol. The van der Waals surface area contributed by atoms with Gasteiger partial charge in [-0.15, -0.1) is 12.4 Å². The number of esters is 2. The van der Waals surface area contributed by atoms with Gasteiger partial charge in [-0.1, -0.05) is 12.1 Å². The zero-order valence-electron chi connectivity index (χ0n) is 40.4. The number of ether oxygens (including phenoxy) is 4. The molecule has 1 amide bonds. The summed E-state index contributed by atoms with van der Waals surface area (Å²) in [6, 6.07) is 8.45. The molecule has 6 heterocycles. The number of aromatic nitrogens is 2. The third-order valence-electron chi connectivity index (χ3n) is 11.9. The largest absolute Gasteiger partial charge is 0.481 e. The van der Waals surface area contributed by atoms with E-state index >= 15 is 0 Å². The predicted octanol–water partition coefficient (Wildman–Crippen LogP) is 5.01. The van der Waals surface area contributed by atoms with Crippen LogP contribution in [0.2, 0.25) is 0 Å². The molecule has 2 aromatic rings. The Morgan fingerprint density at radius 3 is 1.77 bits per heavy atom. The van der Waals surface area contributed by atoms with Crippen LogP contribution in [-0.2, 0) is 63.8 Å². The van der Waals surface area contributed by atoms with Crippen molar-refractivity contribution in [2.75, 3.05) is 84.5 Å². The number of anilines is 2. The van der Waals surface area contributed by atoms with Crippen LogP contribution in [0.1, 0.15) is 115 Å². The Bertz CT molecular complexity index is 1810. The molecule has 4 atom stereocenters. The number of nitrogens with one attached hydrogen (secondary N) is 3. The number of aliphatic carboxylic acids is 1. The molecule has 4 aliphatic heterocycles. The van der Waals surface area contributed by atoms with Gasteiger partial charge >= 0.3 is 17.9 Å². The lowest BCUT2D eigenvalue weighted by atomic mass is 9.85. The van der Waals surface area contributed by atoms with Crippen LogP contribution in [0.15, 0.2) is 24.3 Å². The minimum absolute atomic E-state index is 0. The number of pyridine rings is 2. The molecule has 66 heavy (non-hydrogen) atoms. The number of piperidine rings is 2. The van der Waals surface area contributed by atoms with E-state index in [2.05, 4.69) is 45.2 Å². The van der Waals surface area contributed by atoms with Crippen LogP contribution in [0, 0.1) is 0 Å². The van der Waals surface area contributed by atoms with Gasteiger partial charge in [0.1, 0.15) is 28.9 Å². The number of alkyl halides is 1. The summed E-state index contributed by atoms with van der Waals surface area (Å²) < 4.78 is 35.9. The van der Waals surface area contributed by atoms with Crippen LogP contribution < -0.4 is 16.0 Å². The van der Waals surface area contributed by atoms with Crippen molar-refractivity contribution in [3.8, 4) is 0 Å². The normalized spacial score (nSPS) is 21.8. The Hall–Kier alpha value is -4.20. The number of aliphatic hydroxyl groups is 2. The molecule has 2 fully saturated rings. The summed E-state index contributed by atoms with van der Waals surface area (Å²) >= 11 is 0. The summed E-state index contributed by atoms with van der Waals surface area (Å²) in [5.74, 6) is 0.549. The minimum Gasteiger partial charge on any atom is -0.481 e. The van der Waals surface area contributed by atoms with E-state index in [9.17, 15) is 33.8 Å². The van der Waals surface area contributed by atoms with Gasteiger partial charge in [0, 0.05) is 71.2 Å². The lowest BCUT2D eigenvalue weighted by Crippen LogP contribution is -2.58. The number of hydrogen-bond acceptors (Lipinski definition) is 15. The van der Waals surface area contributed by atoms with E-state index in [1.165, 1.54) is 31.8 Å². The van der Waals surface area contributed by atoms with E-state index in [0.29, 0.717) is 45.5 Å². The quantitative estimate of drug-likeness (QED) is 0.0852. The highest BCUT2D eigenvalue weighted by Gasteiger charge is 2.45. The summed E-state index contributed by atoms with van der Waals surface area (Å²) in [5.41, 5.74) is 2.30. The fourth-order valence-corrected chi connectivity index (χ4v) is 8.33. The Morgan fingerprint density at radius 2 is 1.29 bits per heavy atom. The van der Waals surface area contributed by atoms with Gasteiger partial charge in [0.15, 0.2) is 0 Å². The van der Waals surface area contributed by atoms with Crippen molar-refractivity contribution in [2.24, 2.45) is 0 Å². The first kappa shape index (κ1) is 56.1. The van der Waals surface area contributed by atoms with Gasteiger partial charge in [-0.05, 0) is 121 Å². The maximum atomic E-state index is 12.7. The van der Waals surface area contributed by atoms with E-state index < -0.39 is 36.4 Å². The Labute approximate surface area is 397 Å². The molecule has 0 aliphatic carbocycles. The number of amides is 1. The number of hydrogen-bond donors (Lipinski definition) is 6. The molecule has 0 saturated carbocycles. The van der Waals surface area contributed by atoms with Crippen LogP contribution in [0.3, 0.4) is 0 Å².